The highest BCUT2D eigenvalue weighted by atomic mass is 35.5. The van der Waals surface area contributed by atoms with Crippen LogP contribution in [0.15, 0.2) is 91.5 Å². The summed E-state index contributed by atoms with van der Waals surface area (Å²) in [7, 11) is 0. The minimum atomic E-state index is -0.0561. The predicted octanol–water partition coefficient (Wildman–Crippen LogP) is 5.90. The van der Waals surface area contributed by atoms with Crippen LogP contribution in [0.1, 0.15) is 18.9 Å². The number of imidazole rings is 1. The largest absolute Gasteiger partial charge is 0.489 e. The number of anilines is 3. The first-order chi connectivity index (χ1) is 19.0. The summed E-state index contributed by atoms with van der Waals surface area (Å²) in [6.07, 6.45) is 7.41. The number of halogens is 1. The molecule has 1 fully saturated rings. The summed E-state index contributed by atoms with van der Waals surface area (Å²) < 4.78 is 8.52. The third kappa shape index (κ3) is 7.54. The smallest absolute Gasteiger partial charge is 0.221 e. The molecule has 3 aromatic carbocycles. The number of rotatable bonds is 10. The number of hydrogen-bond acceptors (Lipinski definition) is 5. The molecule has 0 saturated carbocycles. The van der Waals surface area contributed by atoms with Crippen molar-refractivity contribution in [1.82, 2.24) is 9.55 Å². The van der Waals surface area contributed by atoms with Crippen molar-refractivity contribution >= 4 is 34.6 Å². The van der Waals surface area contributed by atoms with Crippen molar-refractivity contribution in [1.29, 1.82) is 0 Å². The Kier molecular flexibility index (Phi) is 8.68. The molecule has 5 rings (SSSR count). The van der Waals surface area contributed by atoms with Crippen molar-refractivity contribution in [2.24, 2.45) is 0 Å². The number of hydrogen-bond donors (Lipinski definition) is 1. The van der Waals surface area contributed by atoms with Crippen LogP contribution < -0.4 is 19.9 Å². The van der Waals surface area contributed by atoms with Crippen molar-refractivity contribution in [3.05, 3.63) is 102 Å². The molecule has 1 saturated heterocycles. The lowest BCUT2D eigenvalue weighted by Gasteiger charge is -2.37. The molecule has 4 aromatic rings. The SMILES string of the molecule is CC(=O)Nc1ccc(N2CCN(c3ccc(OC(CCc4ccc(Cl)cc4)Cn4ccnc4)cc3)CC2)cc1. The second-order valence-electron chi connectivity index (χ2n) is 9.86. The van der Waals surface area contributed by atoms with E-state index in [1.807, 2.05) is 36.8 Å². The van der Waals surface area contributed by atoms with Crippen LogP contribution in [0.5, 0.6) is 5.75 Å². The molecule has 7 nitrogen and oxygen atoms in total. The quantitative estimate of drug-likeness (QED) is 0.270. The van der Waals surface area contributed by atoms with Gasteiger partial charge in [0.1, 0.15) is 11.9 Å². The molecule has 1 unspecified atom stereocenters. The van der Waals surface area contributed by atoms with E-state index in [1.165, 1.54) is 23.9 Å². The molecule has 0 bridgehead atoms. The molecule has 39 heavy (non-hydrogen) atoms. The van der Waals surface area contributed by atoms with Gasteiger partial charge < -0.3 is 24.4 Å². The molecule has 202 valence electrons. The number of amides is 1. The monoisotopic (exact) mass is 543 g/mol. The molecule has 0 spiro atoms. The van der Waals surface area contributed by atoms with E-state index in [9.17, 15) is 4.79 Å². The first kappa shape index (κ1) is 26.6. The predicted molar refractivity (Wildman–Crippen MR) is 158 cm³/mol. The Morgan fingerprint density at radius 3 is 2.10 bits per heavy atom. The number of aromatic nitrogens is 2. The zero-order valence-electron chi connectivity index (χ0n) is 22.2. The van der Waals surface area contributed by atoms with Gasteiger partial charge in [-0.15, -0.1) is 0 Å². The highest BCUT2D eigenvalue weighted by Gasteiger charge is 2.18. The molecular weight excluding hydrogens is 510 g/mol. The molecule has 1 atom stereocenters. The molecule has 2 heterocycles. The van der Waals surface area contributed by atoms with Crippen LogP contribution in [0.4, 0.5) is 17.1 Å². The van der Waals surface area contributed by atoms with Gasteiger partial charge in [0.15, 0.2) is 0 Å². The fourth-order valence-electron chi connectivity index (χ4n) is 4.91. The molecule has 1 amide bonds. The Hall–Kier alpha value is -3.97. The van der Waals surface area contributed by atoms with Crippen molar-refractivity contribution < 1.29 is 9.53 Å². The van der Waals surface area contributed by atoms with Gasteiger partial charge in [-0.1, -0.05) is 23.7 Å². The Labute approximate surface area is 235 Å². The average Bonchev–Trinajstić information content (AvgIpc) is 3.46. The summed E-state index contributed by atoms with van der Waals surface area (Å²) >= 11 is 6.05. The maximum absolute atomic E-state index is 11.3. The summed E-state index contributed by atoms with van der Waals surface area (Å²) in [5.41, 5.74) is 4.45. The van der Waals surface area contributed by atoms with Crippen LogP contribution in [-0.4, -0.2) is 47.7 Å². The summed E-state index contributed by atoms with van der Waals surface area (Å²) in [4.78, 5) is 20.2. The van der Waals surface area contributed by atoms with E-state index in [1.54, 1.807) is 6.20 Å². The second-order valence-corrected chi connectivity index (χ2v) is 10.3. The zero-order chi connectivity index (χ0) is 27.0. The summed E-state index contributed by atoms with van der Waals surface area (Å²) in [6.45, 7) is 6.03. The number of aryl methyl sites for hydroxylation is 1. The minimum absolute atomic E-state index is 0.0151. The molecule has 0 aliphatic carbocycles. The maximum atomic E-state index is 11.3. The fraction of sp³-hybridized carbons (Fsp3) is 0.290. The summed E-state index contributed by atoms with van der Waals surface area (Å²) in [6, 6.07) is 24.5. The zero-order valence-corrected chi connectivity index (χ0v) is 22.9. The minimum Gasteiger partial charge on any atom is -0.489 e. The lowest BCUT2D eigenvalue weighted by atomic mass is 10.1. The number of piperazine rings is 1. The number of carbonyl (C=O) groups is 1. The van der Waals surface area contributed by atoms with Crippen molar-refractivity contribution in [3.8, 4) is 5.75 Å². The number of carbonyl (C=O) groups excluding carboxylic acids is 1. The number of nitrogens with zero attached hydrogens (tertiary/aromatic N) is 4. The topological polar surface area (TPSA) is 62.6 Å². The van der Waals surface area contributed by atoms with Crippen LogP contribution in [0, 0.1) is 0 Å². The summed E-state index contributed by atoms with van der Waals surface area (Å²) in [5.74, 6) is 0.817. The lowest BCUT2D eigenvalue weighted by Crippen LogP contribution is -2.46. The number of benzene rings is 3. The third-order valence-corrected chi connectivity index (χ3v) is 7.23. The van der Waals surface area contributed by atoms with Crippen LogP contribution in [0.3, 0.4) is 0 Å². The third-order valence-electron chi connectivity index (χ3n) is 6.98. The Balaban J connectivity index is 1.16. The van der Waals surface area contributed by atoms with Crippen molar-refractivity contribution in [3.63, 3.8) is 0 Å². The molecule has 1 N–H and O–H groups in total. The van der Waals surface area contributed by atoms with Gasteiger partial charge in [0.05, 0.1) is 12.9 Å². The van der Waals surface area contributed by atoms with E-state index in [0.717, 1.165) is 62.0 Å². The normalized spacial score (nSPS) is 14.2. The van der Waals surface area contributed by atoms with Gasteiger partial charge in [-0.25, -0.2) is 4.98 Å². The Morgan fingerprint density at radius 1 is 0.923 bits per heavy atom. The van der Waals surface area contributed by atoms with E-state index < -0.39 is 0 Å². The van der Waals surface area contributed by atoms with Gasteiger partial charge in [0.25, 0.3) is 0 Å². The van der Waals surface area contributed by atoms with Crippen LogP contribution in [0.25, 0.3) is 0 Å². The van der Waals surface area contributed by atoms with Crippen LogP contribution in [-0.2, 0) is 17.8 Å². The van der Waals surface area contributed by atoms with E-state index in [4.69, 9.17) is 16.3 Å². The first-order valence-corrected chi connectivity index (χ1v) is 13.7. The Morgan fingerprint density at radius 2 is 1.54 bits per heavy atom. The van der Waals surface area contributed by atoms with Crippen molar-refractivity contribution in [2.45, 2.75) is 32.4 Å². The van der Waals surface area contributed by atoms with Gasteiger partial charge in [-0.05, 0) is 79.1 Å². The molecule has 1 aromatic heterocycles. The van der Waals surface area contributed by atoms with E-state index in [0.29, 0.717) is 0 Å². The van der Waals surface area contributed by atoms with Crippen molar-refractivity contribution in [2.75, 3.05) is 41.3 Å². The van der Waals surface area contributed by atoms with Crippen LogP contribution >= 0.6 is 11.6 Å². The van der Waals surface area contributed by atoms with Gasteiger partial charge in [-0.2, -0.15) is 0 Å². The molecular formula is C31H34ClN5O2. The summed E-state index contributed by atoms with van der Waals surface area (Å²) in [5, 5.41) is 3.58. The Bertz CT molecular complexity index is 1320. The molecule has 1 aliphatic heterocycles. The number of ether oxygens (including phenoxy) is 1. The fourth-order valence-corrected chi connectivity index (χ4v) is 5.03. The lowest BCUT2D eigenvalue weighted by molar-refractivity contribution is -0.114. The van der Waals surface area contributed by atoms with E-state index in [-0.39, 0.29) is 12.0 Å². The second kappa shape index (κ2) is 12.7. The first-order valence-electron chi connectivity index (χ1n) is 13.4. The van der Waals surface area contributed by atoms with E-state index in [2.05, 4.69) is 73.2 Å². The molecule has 1 aliphatic rings. The van der Waals surface area contributed by atoms with Gasteiger partial charge in [0.2, 0.25) is 5.91 Å². The molecule has 0 radical (unpaired) electrons. The van der Waals surface area contributed by atoms with E-state index >= 15 is 0 Å². The highest BCUT2D eigenvalue weighted by molar-refractivity contribution is 6.30. The standard InChI is InChI=1S/C31H34ClN5O2/c1-24(38)34-27-7-9-28(10-8-27)36-18-20-37(21-19-36)29-11-14-30(15-12-29)39-31(22-35-17-16-33-23-35)13-4-25-2-5-26(32)6-3-25/h2-3,5-12,14-17,23,31H,4,13,18-22H2,1H3,(H,34,38). The highest BCUT2D eigenvalue weighted by Crippen LogP contribution is 2.25. The maximum Gasteiger partial charge on any atom is 0.221 e. The van der Waals surface area contributed by atoms with Gasteiger partial charge >= 0.3 is 0 Å². The average molecular weight is 544 g/mol. The van der Waals surface area contributed by atoms with Gasteiger partial charge in [-0.3, -0.25) is 4.79 Å². The number of nitrogens with one attached hydrogen (secondary N) is 1. The van der Waals surface area contributed by atoms with Crippen LogP contribution in [0.2, 0.25) is 5.02 Å². The van der Waals surface area contributed by atoms with Gasteiger partial charge in [0, 0.05) is 67.6 Å². The molecule has 8 heteroatoms.